The molecule has 2 aromatic rings. The van der Waals surface area contributed by atoms with Gasteiger partial charge in [0.2, 0.25) is 5.91 Å². The van der Waals surface area contributed by atoms with Gasteiger partial charge in [0, 0.05) is 31.1 Å². The van der Waals surface area contributed by atoms with Gasteiger partial charge in [0.05, 0.1) is 24.9 Å². The van der Waals surface area contributed by atoms with Gasteiger partial charge in [-0.3, -0.25) is 9.78 Å². The van der Waals surface area contributed by atoms with Crippen LogP contribution < -0.4 is 5.32 Å². The zero-order valence-electron chi connectivity index (χ0n) is 13.2. The molecule has 8 heteroatoms. The molecule has 1 amide bonds. The number of carbonyl (C=O) groups excluding carboxylic acids is 1. The van der Waals surface area contributed by atoms with Crippen LogP contribution >= 0.6 is 0 Å². The summed E-state index contributed by atoms with van der Waals surface area (Å²) in [5.41, 5.74) is 2.65. The monoisotopic (exact) mass is 329 g/mol. The normalized spacial score (nSPS) is 23.0. The first-order valence-electron chi connectivity index (χ1n) is 8.15. The Morgan fingerprint density at radius 2 is 2.38 bits per heavy atom. The summed E-state index contributed by atoms with van der Waals surface area (Å²) in [6.07, 6.45) is 4.79. The van der Waals surface area contributed by atoms with E-state index in [1.165, 1.54) is 0 Å². The van der Waals surface area contributed by atoms with E-state index >= 15 is 0 Å². The molecule has 0 spiro atoms. The Morgan fingerprint density at radius 3 is 3.17 bits per heavy atom. The Bertz CT molecular complexity index is 712. The molecule has 0 aromatic carbocycles. The summed E-state index contributed by atoms with van der Waals surface area (Å²) in [5.74, 6) is -0.0588. The molecule has 2 aliphatic rings. The molecular weight excluding hydrogens is 310 g/mol. The summed E-state index contributed by atoms with van der Waals surface area (Å²) in [6, 6.07) is 3.82. The number of rotatable bonds is 4. The van der Waals surface area contributed by atoms with E-state index in [-0.39, 0.29) is 18.1 Å². The zero-order valence-corrected chi connectivity index (χ0v) is 13.2. The van der Waals surface area contributed by atoms with Crippen LogP contribution in [0.15, 0.2) is 24.5 Å². The van der Waals surface area contributed by atoms with E-state index in [9.17, 15) is 4.79 Å². The molecule has 8 nitrogen and oxygen atoms in total. The van der Waals surface area contributed by atoms with Crippen molar-refractivity contribution in [2.75, 3.05) is 13.2 Å². The molecule has 1 N–H and O–H groups in total. The van der Waals surface area contributed by atoms with Crippen LogP contribution in [0.25, 0.3) is 11.3 Å². The fraction of sp³-hybridized carbons (Fsp3) is 0.500. The molecule has 2 aromatic heterocycles. The van der Waals surface area contributed by atoms with E-state index in [0.29, 0.717) is 26.3 Å². The van der Waals surface area contributed by atoms with Gasteiger partial charge in [-0.05, 0) is 25.0 Å². The molecule has 4 heterocycles. The van der Waals surface area contributed by atoms with Crippen LogP contribution in [0.4, 0.5) is 0 Å². The summed E-state index contributed by atoms with van der Waals surface area (Å²) in [7, 11) is 0. The van der Waals surface area contributed by atoms with E-state index in [1.807, 2.05) is 16.8 Å². The highest BCUT2D eigenvalue weighted by Gasteiger charge is 2.27. The Morgan fingerprint density at radius 1 is 1.42 bits per heavy atom. The molecule has 0 bridgehead atoms. The Labute approximate surface area is 139 Å². The average molecular weight is 329 g/mol. The number of hydrogen-bond acceptors (Lipinski definition) is 6. The van der Waals surface area contributed by atoms with Crippen LogP contribution in [0.5, 0.6) is 0 Å². The molecule has 0 aliphatic carbocycles. The van der Waals surface area contributed by atoms with Crippen LogP contribution in [-0.2, 0) is 27.4 Å². The number of ether oxygens (including phenoxy) is 2. The number of hydrogen-bond donors (Lipinski definition) is 1. The lowest BCUT2D eigenvalue weighted by atomic mass is 10.1. The van der Waals surface area contributed by atoms with Crippen LogP contribution in [0.2, 0.25) is 0 Å². The number of nitrogens with zero attached hydrogens (tertiary/aromatic N) is 4. The van der Waals surface area contributed by atoms with Gasteiger partial charge in [0.15, 0.2) is 0 Å². The summed E-state index contributed by atoms with van der Waals surface area (Å²) in [4.78, 5) is 16.1. The highest BCUT2D eigenvalue weighted by molar-refractivity contribution is 5.80. The third kappa shape index (κ3) is 3.02. The van der Waals surface area contributed by atoms with Gasteiger partial charge in [-0.1, -0.05) is 5.21 Å². The molecule has 2 atom stereocenters. The third-order valence-corrected chi connectivity index (χ3v) is 4.33. The fourth-order valence-electron chi connectivity index (χ4n) is 3.03. The molecule has 126 valence electrons. The first kappa shape index (κ1) is 15.2. The van der Waals surface area contributed by atoms with Crippen molar-refractivity contribution < 1.29 is 14.3 Å². The minimum Gasteiger partial charge on any atom is -0.368 e. The van der Waals surface area contributed by atoms with Crippen molar-refractivity contribution in [2.24, 2.45) is 0 Å². The minimum absolute atomic E-state index is 0.0588. The predicted octanol–water partition coefficient (Wildman–Crippen LogP) is 0.534. The highest BCUT2D eigenvalue weighted by atomic mass is 16.5. The second kappa shape index (κ2) is 6.66. The van der Waals surface area contributed by atoms with Crippen molar-refractivity contribution in [3.8, 4) is 11.3 Å². The predicted molar refractivity (Wildman–Crippen MR) is 83.8 cm³/mol. The summed E-state index contributed by atoms with van der Waals surface area (Å²) in [5, 5.41) is 11.4. The molecule has 1 fully saturated rings. The Hall–Kier alpha value is -2.32. The smallest absolute Gasteiger partial charge is 0.249 e. The Kier molecular flexibility index (Phi) is 4.22. The van der Waals surface area contributed by atoms with Crippen LogP contribution in [-0.4, -0.2) is 51.2 Å². The maximum atomic E-state index is 12.0. The lowest BCUT2D eigenvalue weighted by molar-refractivity contribution is -0.131. The fourth-order valence-corrected chi connectivity index (χ4v) is 3.03. The van der Waals surface area contributed by atoms with Gasteiger partial charge in [0.25, 0.3) is 0 Å². The topological polar surface area (TPSA) is 91.2 Å². The van der Waals surface area contributed by atoms with E-state index in [4.69, 9.17) is 9.47 Å². The van der Waals surface area contributed by atoms with Gasteiger partial charge in [-0.15, -0.1) is 5.10 Å². The quantitative estimate of drug-likeness (QED) is 0.880. The van der Waals surface area contributed by atoms with Gasteiger partial charge >= 0.3 is 0 Å². The first-order valence-corrected chi connectivity index (χ1v) is 8.15. The second-order valence-corrected chi connectivity index (χ2v) is 5.99. The molecular formula is C16H19N5O3. The number of carbonyl (C=O) groups is 1. The lowest BCUT2D eigenvalue weighted by Gasteiger charge is -2.24. The number of pyridine rings is 1. The Balaban J connectivity index is 1.38. The highest BCUT2D eigenvalue weighted by Crippen LogP contribution is 2.24. The first-order chi connectivity index (χ1) is 11.8. The van der Waals surface area contributed by atoms with Gasteiger partial charge < -0.3 is 14.8 Å². The van der Waals surface area contributed by atoms with Crippen molar-refractivity contribution in [3.63, 3.8) is 0 Å². The largest absolute Gasteiger partial charge is 0.368 e. The van der Waals surface area contributed by atoms with Crippen LogP contribution in [0, 0.1) is 0 Å². The number of nitrogens with one attached hydrogen (secondary N) is 1. The average Bonchev–Trinajstić information content (AvgIpc) is 3.30. The van der Waals surface area contributed by atoms with E-state index in [2.05, 4.69) is 20.6 Å². The summed E-state index contributed by atoms with van der Waals surface area (Å²) < 4.78 is 13.1. The maximum Gasteiger partial charge on any atom is 0.249 e. The van der Waals surface area contributed by atoms with E-state index in [1.54, 1.807) is 12.4 Å². The maximum absolute atomic E-state index is 12.0. The van der Waals surface area contributed by atoms with Crippen molar-refractivity contribution in [1.29, 1.82) is 0 Å². The molecule has 24 heavy (non-hydrogen) atoms. The van der Waals surface area contributed by atoms with Crippen LogP contribution in [0.3, 0.4) is 0 Å². The van der Waals surface area contributed by atoms with E-state index in [0.717, 1.165) is 29.8 Å². The molecule has 0 radical (unpaired) electrons. The van der Waals surface area contributed by atoms with Crippen molar-refractivity contribution >= 4 is 5.91 Å². The van der Waals surface area contributed by atoms with Crippen molar-refractivity contribution in [1.82, 2.24) is 25.3 Å². The second-order valence-electron chi connectivity index (χ2n) is 5.99. The third-order valence-electron chi connectivity index (χ3n) is 4.33. The number of aromatic nitrogens is 4. The van der Waals surface area contributed by atoms with Crippen molar-refractivity contribution in [3.05, 3.63) is 30.2 Å². The lowest BCUT2D eigenvalue weighted by Crippen LogP contribution is -2.42. The summed E-state index contributed by atoms with van der Waals surface area (Å²) >= 11 is 0. The molecule has 0 unspecified atom stereocenters. The molecule has 2 aliphatic heterocycles. The minimum atomic E-state index is -0.312. The SMILES string of the molecule is O=C(NC[C@@H]1Cn2nnc(-c3cccnc3)c2CO1)[C@H]1CCCO1. The van der Waals surface area contributed by atoms with Crippen molar-refractivity contribution in [2.45, 2.75) is 38.2 Å². The molecule has 4 rings (SSSR count). The molecule has 0 saturated carbocycles. The number of amides is 1. The number of fused-ring (bicyclic) bond motifs is 1. The van der Waals surface area contributed by atoms with Gasteiger partial charge in [0.1, 0.15) is 11.8 Å². The van der Waals surface area contributed by atoms with Crippen LogP contribution in [0.1, 0.15) is 18.5 Å². The van der Waals surface area contributed by atoms with E-state index < -0.39 is 0 Å². The molecule has 1 saturated heterocycles. The zero-order chi connectivity index (χ0) is 16.4. The van der Waals surface area contributed by atoms with Gasteiger partial charge in [-0.25, -0.2) is 4.68 Å². The standard InChI is InChI=1S/C16H19N5O3/c22-16(14-4-2-6-23-14)18-8-12-9-21-13(10-24-12)15(19-20-21)11-3-1-5-17-7-11/h1,3,5,7,12,14H,2,4,6,8-10H2,(H,18,22)/t12-,14-/m1/s1. The van der Waals surface area contributed by atoms with Gasteiger partial charge in [-0.2, -0.15) is 0 Å². The summed E-state index contributed by atoms with van der Waals surface area (Å²) in [6.45, 7) is 2.09.